The van der Waals surface area contributed by atoms with E-state index in [2.05, 4.69) is 11.3 Å². The third-order valence-electron chi connectivity index (χ3n) is 0.833. The van der Waals surface area contributed by atoms with Gasteiger partial charge in [0.05, 0.1) is 20.3 Å². The summed E-state index contributed by atoms with van der Waals surface area (Å²) < 4.78 is 4.14. The van der Waals surface area contributed by atoms with Crippen molar-refractivity contribution in [1.82, 2.24) is 0 Å². The SMILES string of the molecule is C=CC(=O)OC.CCC(O)O.OCCO. The van der Waals surface area contributed by atoms with E-state index in [-0.39, 0.29) is 13.2 Å². The number of methoxy groups -OCH3 is 1. The molecule has 0 radical (unpaired) electrons. The molecule has 0 fully saturated rings. The van der Waals surface area contributed by atoms with E-state index in [0.717, 1.165) is 6.08 Å². The zero-order chi connectivity index (χ0) is 12.7. The number of esters is 1. The van der Waals surface area contributed by atoms with Gasteiger partial charge in [0, 0.05) is 6.08 Å². The molecule has 0 aliphatic carbocycles. The molecule has 0 bridgehead atoms. The highest BCUT2D eigenvalue weighted by molar-refractivity contribution is 5.80. The number of aliphatic hydroxyl groups is 4. The summed E-state index contributed by atoms with van der Waals surface area (Å²) in [5.74, 6) is -0.394. The smallest absolute Gasteiger partial charge is 0.329 e. The second-order valence-electron chi connectivity index (χ2n) is 2.06. The molecule has 0 aliphatic heterocycles. The molecule has 0 saturated carbocycles. The molecule has 0 saturated heterocycles. The predicted molar refractivity (Wildman–Crippen MR) is 54.9 cm³/mol. The third-order valence-corrected chi connectivity index (χ3v) is 0.833. The Morgan fingerprint density at radius 1 is 1.40 bits per heavy atom. The van der Waals surface area contributed by atoms with Crippen LogP contribution in [0.1, 0.15) is 13.3 Å². The lowest BCUT2D eigenvalue weighted by atomic mass is 10.5. The van der Waals surface area contributed by atoms with Crippen LogP contribution >= 0.6 is 0 Å². The van der Waals surface area contributed by atoms with Gasteiger partial charge in [-0.25, -0.2) is 4.79 Å². The highest BCUT2D eigenvalue weighted by atomic mass is 16.5. The lowest BCUT2D eigenvalue weighted by molar-refractivity contribution is -0.134. The number of rotatable bonds is 3. The van der Waals surface area contributed by atoms with Crippen LogP contribution in [0.2, 0.25) is 0 Å². The van der Waals surface area contributed by atoms with Crippen molar-refractivity contribution in [3.8, 4) is 0 Å². The maximum absolute atomic E-state index is 9.84. The average Bonchev–Trinajstić information content (AvgIpc) is 2.28. The van der Waals surface area contributed by atoms with Gasteiger partial charge in [-0.15, -0.1) is 0 Å². The third kappa shape index (κ3) is 43.5. The van der Waals surface area contributed by atoms with Crippen LogP contribution in [0.3, 0.4) is 0 Å². The van der Waals surface area contributed by atoms with Crippen molar-refractivity contribution in [1.29, 1.82) is 0 Å². The summed E-state index contributed by atoms with van der Waals surface area (Å²) in [6.07, 6.45) is 0.412. The first-order chi connectivity index (χ1) is 6.99. The highest BCUT2D eigenvalue weighted by Crippen LogP contribution is 1.77. The van der Waals surface area contributed by atoms with Gasteiger partial charge in [-0.1, -0.05) is 13.5 Å². The first-order valence-corrected chi connectivity index (χ1v) is 4.28. The minimum Gasteiger partial charge on any atom is -0.466 e. The van der Waals surface area contributed by atoms with E-state index in [0.29, 0.717) is 6.42 Å². The first kappa shape index (κ1) is 19.6. The number of carbonyl (C=O) groups excluding carboxylic acids is 1. The van der Waals surface area contributed by atoms with Crippen molar-refractivity contribution < 1.29 is 30.0 Å². The van der Waals surface area contributed by atoms with E-state index in [1.807, 2.05) is 0 Å². The van der Waals surface area contributed by atoms with E-state index < -0.39 is 12.3 Å². The van der Waals surface area contributed by atoms with E-state index in [4.69, 9.17) is 20.4 Å². The minimum absolute atomic E-state index is 0.125. The van der Waals surface area contributed by atoms with Gasteiger partial charge < -0.3 is 25.2 Å². The van der Waals surface area contributed by atoms with Crippen molar-refractivity contribution >= 4 is 5.97 Å². The summed E-state index contributed by atoms with van der Waals surface area (Å²) >= 11 is 0. The molecular weight excluding hydrogens is 204 g/mol. The van der Waals surface area contributed by atoms with E-state index in [1.165, 1.54) is 7.11 Å². The fraction of sp³-hybridized carbons (Fsp3) is 0.667. The fourth-order valence-electron chi connectivity index (χ4n) is 0.0833. The van der Waals surface area contributed by atoms with Crippen LogP contribution in [-0.2, 0) is 9.53 Å². The first-order valence-electron chi connectivity index (χ1n) is 4.28. The summed E-state index contributed by atoms with van der Waals surface area (Å²) in [7, 11) is 1.31. The molecule has 15 heavy (non-hydrogen) atoms. The van der Waals surface area contributed by atoms with Crippen LogP contribution in [0.25, 0.3) is 0 Å². The predicted octanol–water partition coefficient (Wildman–Crippen LogP) is -0.977. The second kappa shape index (κ2) is 18.8. The number of hydrogen-bond donors (Lipinski definition) is 4. The zero-order valence-corrected chi connectivity index (χ0v) is 9.09. The van der Waals surface area contributed by atoms with Crippen LogP contribution in [0, 0.1) is 0 Å². The van der Waals surface area contributed by atoms with Crippen molar-refractivity contribution in [2.45, 2.75) is 19.6 Å². The Bertz CT molecular complexity index is 133. The maximum Gasteiger partial charge on any atom is 0.329 e. The molecule has 6 nitrogen and oxygen atoms in total. The molecule has 0 heterocycles. The van der Waals surface area contributed by atoms with Crippen LogP contribution in [0.5, 0.6) is 0 Å². The van der Waals surface area contributed by atoms with Crippen LogP contribution in [0.4, 0.5) is 0 Å². The molecule has 4 N–H and O–H groups in total. The number of aliphatic hydroxyl groups excluding tert-OH is 3. The Morgan fingerprint density at radius 3 is 1.73 bits per heavy atom. The largest absolute Gasteiger partial charge is 0.466 e. The normalized spacial score (nSPS) is 7.93. The summed E-state index contributed by atoms with van der Waals surface area (Å²) in [6, 6.07) is 0. The van der Waals surface area contributed by atoms with Gasteiger partial charge in [0.1, 0.15) is 0 Å². The number of carbonyl (C=O) groups is 1. The molecule has 92 valence electrons. The zero-order valence-electron chi connectivity index (χ0n) is 9.09. The Hall–Kier alpha value is -0.950. The number of ether oxygens (including phenoxy) is 1. The van der Waals surface area contributed by atoms with Gasteiger partial charge >= 0.3 is 5.97 Å². The second-order valence-corrected chi connectivity index (χ2v) is 2.06. The van der Waals surface area contributed by atoms with Gasteiger partial charge in [0.2, 0.25) is 0 Å². The van der Waals surface area contributed by atoms with Crippen LogP contribution in [0.15, 0.2) is 12.7 Å². The molecule has 0 aromatic heterocycles. The Morgan fingerprint density at radius 2 is 1.73 bits per heavy atom. The Labute approximate surface area is 89.4 Å². The molecule has 0 unspecified atom stereocenters. The number of hydrogen-bond acceptors (Lipinski definition) is 6. The lowest BCUT2D eigenvalue weighted by Gasteiger charge is -1.90. The van der Waals surface area contributed by atoms with Gasteiger partial charge in [-0.3, -0.25) is 0 Å². The summed E-state index contributed by atoms with van der Waals surface area (Å²) in [6.45, 7) is 4.61. The lowest BCUT2D eigenvalue weighted by Crippen LogP contribution is -1.99. The van der Waals surface area contributed by atoms with E-state index in [9.17, 15) is 4.79 Å². The summed E-state index contributed by atoms with van der Waals surface area (Å²) in [5, 5.41) is 31.1. The van der Waals surface area contributed by atoms with E-state index in [1.54, 1.807) is 6.92 Å². The molecule has 0 atom stereocenters. The van der Waals surface area contributed by atoms with Crippen molar-refractivity contribution in [3.05, 3.63) is 12.7 Å². The fourth-order valence-corrected chi connectivity index (χ4v) is 0.0833. The average molecular weight is 224 g/mol. The van der Waals surface area contributed by atoms with Crippen LogP contribution < -0.4 is 0 Å². The van der Waals surface area contributed by atoms with Crippen molar-refractivity contribution in [2.75, 3.05) is 20.3 Å². The van der Waals surface area contributed by atoms with E-state index >= 15 is 0 Å². The van der Waals surface area contributed by atoms with Gasteiger partial charge in [-0.05, 0) is 6.42 Å². The molecule has 6 heteroatoms. The molecule has 0 aliphatic rings. The topological polar surface area (TPSA) is 107 Å². The van der Waals surface area contributed by atoms with Gasteiger partial charge in [0.25, 0.3) is 0 Å². The van der Waals surface area contributed by atoms with Gasteiger partial charge in [0.15, 0.2) is 6.29 Å². The monoisotopic (exact) mass is 224 g/mol. The minimum atomic E-state index is -1.12. The quantitative estimate of drug-likeness (QED) is 0.279. The van der Waals surface area contributed by atoms with Gasteiger partial charge in [-0.2, -0.15) is 0 Å². The Kier molecular flexibility index (Phi) is 24.5. The van der Waals surface area contributed by atoms with Crippen molar-refractivity contribution in [3.63, 3.8) is 0 Å². The summed E-state index contributed by atoms with van der Waals surface area (Å²) in [4.78, 5) is 9.84. The molecule has 0 rings (SSSR count). The molecule has 0 spiro atoms. The molecule has 0 amide bonds. The standard InChI is InChI=1S/C4H6O2.C3H8O2.C2H6O2/c1-3-4(5)6-2;1-2-3(4)5;3-1-2-4/h3H,1H2,2H3;3-5H,2H2,1H3;3-4H,1-2H2. The maximum atomic E-state index is 9.84. The highest BCUT2D eigenvalue weighted by Gasteiger charge is 1.83. The Balaban J connectivity index is -0.000000147. The molecule has 0 aromatic carbocycles. The summed E-state index contributed by atoms with van der Waals surface area (Å²) in [5.41, 5.74) is 0. The molecular formula is C9H20O6. The van der Waals surface area contributed by atoms with Crippen molar-refractivity contribution in [2.24, 2.45) is 0 Å². The van der Waals surface area contributed by atoms with Crippen LogP contribution in [-0.4, -0.2) is 53.0 Å². The molecule has 0 aromatic rings.